The second-order valence-electron chi connectivity index (χ2n) is 3.51. The normalized spacial score (nSPS) is 10.1. The maximum Gasteiger partial charge on any atom is 0.336 e. The maximum absolute atomic E-state index is 11.6. The molecule has 0 saturated carbocycles. The standard InChI is InChI=1S/C12H14O4/c1-2-3-11(14)8-4-5-9(7-13)10(6-8)12(15)16/h4-6,13H,2-3,7H2,1H3,(H,15,16). The molecule has 0 saturated heterocycles. The molecule has 0 aromatic heterocycles. The van der Waals surface area contributed by atoms with Crippen LogP contribution in [0.1, 0.15) is 46.0 Å². The van der Waals surface area contributed by atoms with Crippen molar-refractivity contribution < 1.29 is 19.8 Å². The summed E-state index contributed by atoms with van der Waals surface area (Å²) in [7, 11) is 0. The molecule has 1 aromatic rings. The van der Waals surface area contributed by atoms with Gasteiger partial charge in [-0.25, -0.2) is 4.79 Å². The molecule has 0 atom stereocenters. The highest BCUT2D eigenvalue weighted by molar-refractivity contribution is 5.99. The summed E-state index contributed by atoms with van der Waals surface area (Å²) < 4.78 is 0. The van der Waals surface area contributed by atoms with Crippen LogP contribution in [0, 0.1) is 0 Å². The summed E-state index contributed by atoms with van der Waals surface area (Å²) in [5.74, 6) is -1.20. The molecule has 0 unspecified atom stereocenters. The van der Waals surface area contributed by atoms with Gasteiger partial charge < -0.3 is 10.2 Å². The van der Waals surface area contributed by atoms with Gasteiger partial charge in [0.05, 0.1) is 12.2 Å². The number of carboxylic acid groups (broad SMARTS) is 1. The van der Waals surface area contributed by atoms with Crippen molar-refractivity contribution in [2.24, 2.45) is 0 Å². The van der Waals surface area contributed by atoms with E-state index in [1.54, 1.807) is 6.07 Å². The Kier molecular flexibility index (Phi) is 4.19. The fourth-order valence-corrected chi connectivity index (χ4v) is 1.46. The number of benzene rings is 1. The maximum atomic E-state index is 11.6. The second kappa shape index (κ2) is 5.42. The van der Waals surface area contributed by atoms with E-state index in [4.69, 9.17) is 10.2 Å². The van der Waals surface area contributed by atoms with Crippen LogP contribution in [-0.2, 0) is 6.61 Å². The molecule has 0 heterocycles. The lowest BCUT2D eigenvalue weighted by molar-refractivity contribution is 0.0693. The van der Waals surface area contributed by atoms with Gasteiger partial charge in [0, 0.05) is 12.0 Å². The van der Waals surface area contributed by atoms with Crippen molar-refractivity contribution >= 4 is 11.8 Å². The number of aromatic carboxylic acids is 1. The van der Waals surface area contributed by atoms with Gasteiger partial charge in [-0.3, -0.25) is 4.79 Å². The number of carbonyl (C=O) groups is 2. The van der Waals surface area contributed by atoms with E-state index in [9.17, 15) is 9.59 Å². The first-order valence-corrected chi connectivity index (χ1v) is 5.10. The van der Waals surface area contributed by atoms with E-state index in [1.807, 2.05) is 6.92 Å². The van der Waals surface area contributed by atoms with Crippen molar-refractivity contribution in [3.8, 4) is 0 Å². The zero-order chi connectivity index (χ0) is 12.1. The molecule has 1 aromatic carbocycles. The van der Waals surface area contributed by atoms with Crippen LogP contribution in [0.25, 0.3) is 0 Å². The summed E-state index contributed by atoms with van der Waals surface area (Å²) in [5, 5.41) is 17.9. The monoisotopic (exact) mass is 222 g/mol. The van der Waals surface area contributed by atoms with Crippen LogP contribution in [0.4, 0.5) is 0 Å². The number of hydrogen-bond acceptors (Lipinski definition) is 3. The van der Waals surface area contributed by atoms with E-state index >= 15 is 0 Å². The zero-order valence-corrected chi connectivity index (χ0v) is 9.06. The quantitative estimate of drug-likeness (QED) is 0.745. The molecule has 0 aliphatic heterocycles. The fraction of sp³-hybridized carbons (Fsp3) is 0.333. The Balaban J connectivity index is 3.11. The molecule has 0 bridgehead atoms. The minimum absolute atomic E-state index is 0.00977. The van der Waals surface area contributed by atoms with Gasteiger partial charge in [-0.15, -0.1) is 0 Å². The molecule has 0 spiro atoms. The predicted molar refractivity (Wildman–Crippen MR) is 58.6 cm³/mol. The van der Waals surface area contributed by atoms with Crippen LogP contribution in [0.15, 0.2) is 18.2 Å². The van der Waals surface area contributed by atoms with Crippen LogP contribution in [-0.4, -0.2) is 22.0 Å². The number of aliphatic hydroxyl groups is 1. The number of hydrogen-bond donors (Lipinski definition) is 2. The zero-order valence-electron chi connectivity index (χ0n) is 9.06. The average molecular weight is 222 g/mol. The van der Waals surface area contributed by atoms with Gasteiger partial charge in [0.25, 0.3) is 0 Å². The van der Waals surface area contributed by atoms with Crippen LogP contribution in [0.2, 0.25) is 0 Å². The van der Waals surface area contributed by atoms with Gasteiger partial charge in [-0.1, -0.05) is 19.1 Å². The molecular formula is C12H14O4. The molecule has 4 nitrogen and oxygen atoms in total. The number of ketones is 1. The lowest BCUT2D eigenvalue weighted by Crippen LogP contribution is -2.06. The first kappa shape index (κ1) is 12.4. The van der Waals surface area contributed by atoms with Crippen molar-refractivity contribution in [1.29, 1.82) is 0 Å². The number of Topliss-reactive ketones (excluding diaryl/α,β-unsaturated/α-hetero) is 1. The Bertz CT molecular complexity index is 409. The summed E-state index contributed by atoms with van der Waals surface area (Å²) in [4.78, 5) is 22.5. The highest BCUT2D eigenvalue weighted by Crippen LogP contribution is 2.14. The number of carboxylic acids is 1. The van der Waals surface area contributed by atoms with Crippen molar-refractivity contribution in [3.05, 3.63) is 34.9 Å². The Labute approximate surface area is 93.5 Å². The van der Waals surface area contributed by atoms with Crippen LogP contribution >= 0.6 is 0 Å². The summed E-state index contributed by atoms with van der Waals surface area (Å²) in [6, 6.07) is 4.36. The molecular weight excluding hydrogens is 208 g/mol. The van der Waals surface area contributed by atoms with E-state index in [2.05, 4.69) is 0 Å². The minimum atomic E-state index is -1.13. The molecule has 0 fully saturated rings. The van der Waals surface area contributed by atoms with Gasteiger partial charge in [0.1, 0.15) is 0 Å². The third-order valence-corrected chi connectivity index (χ3v) is 2.31. The topological polar surface area (TPSA) is 74.6 Å². The number of aliphatic hydroxyl groups excluding tert-OH is 1. The Morgan fingerprint density at radius 3 is 2.50 bits per heavy atom. The molecule has 0 radical (unpaired) electrons. The molecule has 86 valence electrons. The van der Waals surface area contributed by atoms with Crippen LogP contribution in [0.3, 0.4) is 0 Å². The third-order valence-electron chi connectivity index (χ3n) is 2.31. The second-order valence-corrected chi connectivity index (χ2v) is 3.51. The van der Waals surface area contributed by atoms with E-state index in [0.29, 0.717) is 17.5 Å². The van der Waals surface area contributed by atoms with E-state index < -0.39 is 5.97 Å². The molecule has 2 N–H and O–H groups in total. The van der Waals surface area contributed by atoms with Crippen LogP contribution in [0.5, 0.6) is 0 Å². The number of carbonyl (C=O) groups excluding carboxylic acids is 1. The largest absolute Gasteiger partial charge is 0.478 e. The average Bonchev–Trinajstić information content (AvgIpc) is 2.28. The van der Waals surface area contributed by atoms with Crippen molar-refractivity contribution in [1.82, 2.24) is 0 Å². The van der Waals surface area contributed by atoms with Crippen LogP contribution < -0.4 is 0 Å². The van der Waals surface area contributed by atoms with Gasteiger partial charge in [0.15, 0.2) is 5.78 Å². The Morgan fingerprint density at radius 1 is 1.31 bits per heavy atom. The molecule has 0 amide bonds. The Hall–Kier alpha value is -1.68. The summed E-state index contributed by atoms with van der Waals surface area (Å²) in [5.41, 5.74) is 0.696. The molecule has 4 heteroatoms. The Morgan fingerprint density at radius 2 is 2.00 bits per heavy atom. The molecule has 1 rings (SSSR count). The van der Waals surface area contributed by atoms with Crippen molar-refractivity contribution in [2.45, 2.75) is 26.4 Å². The first-order chi connectivity index (χ1) is 7.60. The lowest BCUT2D eigenvalue weighted by Gasteiger charge is -2.05. The van der Waals surface area contributed by atoms with E-state index in [-0.39, 0.29) is 18.0 Å². The third kappa shape index (κ3) is 2.67. The summed E-state index contributed by atoms with van der Waals surface area (Å²) in [6.07, 6.45) is 1.13. The fourth-order valence-electron chi connectivity index (χ4n) is 1.46. The highest BCUT2D eigenvalue weighted by atomic mass is 16.4. The lowest BCUT2D eigenvalue weighted by atomic mass is 10.0. The molecule has 0 aliphatic carbocycles. The van der Waals surface area contributed by atoms with Crippen molar-refractivity contribution in [2.75, 3.05) is 0 Å². The van der Waals surface area contributed by atoms with Gasteiger partial charge in [-0.05, 0) is 18.1 Å². The van der Waals surface area contributed by atoms with E-state index in [1.165, 1.54) is 12.1 Å². The van der Waals surface area contributed by atoms with Crippen molar-refractivity contribution in [3.63, 3.8) is 0 Å². The van der Waals surface area contributed by atoms with Gasteiger partial charge >= 0.3 is 5.97 Å². The number of rotatable bonds is 5. The predicted octanol–water partition coefficient (Wildman–Crippen LogP) is 1.86. The first-order valence-electron chi connectivity index (χ1n) is 5.10. The van der Waals surface area contributed by atoms with Gasteiger partial charge in [-0.2, -0.15) is 0 Å². The van der Waals surface area contributed by atoms with Gasteiger partial charge in [0.2, 0.25) is 0 Å². The molecule has 16 heavy (non-hydrogen) atoms. The summed E-state index contributed by atoms with van der Waals surface area (Å²) in [6.45, 7) is 1.54. The smallest absolute Gasteiger partial charge is 0.336 e. The van der Waals surface area contributed by atoms with E-state index in [0.717, 1.165) is 6.42 Å². The summed E-state index contributed by atoms with van der Waals surface area (Å²) >= 11 is 0. The SMILES string of the molecule is CCCC(=O)c1ccc(CO)c(C(=O)O)c1. The highest BCUT2D eigenvalue weighted by Gasteiger charge is 2.13. The minimum Gasteiger partial charge on any atom is -0.478 e. The molecule has 0 aliphatic rings.